The SMILES string of the molecule is CN1CCC(CNC2CCCC(S(C)(=O)=O)C2)C1. The van der Waals surface area contributed by atoms with Crippen LogP contribution in [0.4, 0.5) is 0 Å². The second kappa shape index (κ2) is 5.88. The Balaban J connectivity index is 1.76. The lowest BCUT2D eigenvalue weighted by Gasteiger charge is -2.29. The van der Waals surface area contributed by atoms with Crippen molar-refractivity contribution in [1.82, 2.24) is 10.2 Å². The number of hydrogen-bond donors (Lipinski definition) is 1. The molecule has 1 saturated carbocycles. The maximum Gasteiger partial charge on any atom is 0.150 e. The fourth-order valence-corrected chi connectivity index (χ4v) is 4.42. The minimum atomic E-state index is -2.85. The smallest absolute Gasteiger partial charge is 0.150 e. The Hall–Kier alpha value is -0.130. The molecule has 1 N–H and O–H groups in total. The fraction of sp³-hybridized carbons (Fsp3) is 1.00. The first-order valence-electron chi connectivity index (χ1n) is 7.06. The molecule has 2 rings (SSSR count). The molecule has 18 heavy (non-hydrogen) atoms. The number of nitrogens with one attached hydrogen (secondary N) is 1. The van der Waals surface area contributed by atoms with Gasteiger partial charge in [-0.3, -0.25) is 0 Å². The highest BCUT2D eigenvalue weighted by molar-refractivity contribution is 7.91. The van der Waals surface area contributed by atoms with E-state index in [1.165, 1.54) is 25.8 Å². The highest BCUT2D eigenvalue weighted by Crippen LogP contribution is 2.24. The highest BCUT2D eigenvalue weighted by atomic mass is 32.2. The van der Waals surface area contributed by atoms with Gasteiger partial charge in [-0.1, -0.05) is 6.42 Å². The summed E-state index contributed by atoms with van der Waals surface area (Å²) < 4.78 is 23.2. The normalized spacial score (nSPS) is 34.9. The van der Waals surface area contributed by atoms with Gasteiger partial charge in [0.25, 0.3) is 0 Å². The van der Waals surface area contributed by atoms with Crippen molar-refractivity contribution < 1.29 is 8.42 Å². The molecular formula is C13H26N2O2S. The third-order valence-electron chi connectivity index (χ3n) is 4.42. The first kappa shape index (κ1) is 14.3. The van der Waals surface area contributed by atoms with Gasteiger partial charge in [-0.2, -0.15) is 0 Å². The summed E-state index contributed by atoms with van der Waals surface area (Å²) in [4.78, 5) is 2.37. The molecular weight excluding hydrogens is 248 g/mol. The van der Waals surface area contributed by atoms with E-state index in [4.69, 9.17) is 0 Å². The molecule has 0 bridgehead atoms. The van der Waals surface area contributed by atoms with Gasteiger partial charge in [-0.05, 0) is 51.7 Å². The summed E-state index contributed by atoms with van der Waals surface area (Å²) in [6.07, 6.45) is 6.48. The third-order valence-corrected chi connectivity index (χ3v) is 6.05. The van der Waals surface area contributed by atoms with Gasteiger partial charge in [0, 0.05) is 18.8 Å². The number of sulfone groups is 1. The van der Waals surface area contributed by atoms with Crippen LogP contribution < -0.4 is 5.32 Å². The molecule has 5 heteroatoms. The zero-order valence-electron chi connectivity index (χ0n) is 11.6. The Bertz CT molecular complexity index is 369. The van der Waals surface area contributed by atoms with Crippen LogP contribution in [0.2, 0.25) is 0 Å². The summed E-state index contributed by atoms with van der Waals surface area (Å²) in [5.74, 6) is 0.744. The Kier molecular flexibility index (Phi) is 4.67. The first-order valence-corrected chi connectivity index (χ1v) is 9.01. The number of nitrogens with zero attached hydrogens (tertiary/aromatic N) is 1. The Morgan fingerprint density at radius 2 is 2.06 bits per heavy atom. The molecule has 1 saturated heterocycles. The van der Waals surface area contributed by atoms with Crippen molar-refractivity contribution in [2.24, 2.45) is 5.92 Å². The summed E-state index contributed by atoms with van der Waals surface area (Å²) in [7, 11) is -0.686. The molecule has 2 fully saturated rings. The molecule has 106 valence electrons. The van der Waals surface area contributed by atoms with E-state index < -0.39 is 9.84 Å². The summed E-state index contributed by atoms with van der Waals surface area (Å²) >= 11 is 0. The van der Waals surface area contributed by atoms with Crippen molar-refractivity contribution in [1.29, 1.82) is 0 Å². The van der Waals surface area contributed by atoms with Crippen molar-refractivity contribution in [3.8, 4) is 0 Å². The van der Waals surface area contributed by atoms with Crippen LogP contribution in [0.1, 0.15) is 32.1 Å². The second-order valence-corrected chi connectivity index (χ2v) is 8.47. The fourth-order valence-electron chi connectivity index (χ4n) is 3.25. The predicted octanol–water partition coefficient (Wildman–Crippen LogP) is 0.884. The molecule has 1 aliphatic heterocycles. The van der Waals surface area contributed by atoms with Crippen LogP contribution in [-0.4, -0.2) is 57.5 Å². The van der Waals surface area contributed by atoms with Crippen LogP contribution in [0.5, 0.6) is 0 Å². The van der Waals surface area contributed by atoms with Crippen LogP contribution in [-0.2, 0) is 9.84 Å². The van der Waals surface area contributed by atoms with Gasteiger partial charge in [0.15, 0.2) is 0 Å². The van der Waals surface area contributed by atoms with E-state index in [2.05, 4.69) is 17.3 Å². The molecule has 0 aromatic rings. The lowest BCUT2D eigenvalue weighted by atomic mass is 9.94. The van der Waals surface area contributed by atoms with Crippen molar-refractivity contribution in [3.05, 3.63) is 0 Å². The molecule has 1 heterocycles. The van der Waals surface area contributed by atoms with Gasteiger partial charge in [-0.25, -0.2) is 8.42 Å². The van der Waals surface area contributed by atoms with E-state index >= 15 is 0 Å². The zero-order valence-corrected chi connectivity index (χ0v) is 12.4. The van der Waals surface area contributed by atoms with Crippen LogP contribution in [0, 0.1) is 5.92 Å². The minimum absolute atomic E-state index is 0.116. The van der Waals surface area contributed by atoms with Crippen LogP contribution in [0.25, 0.3) is 0 Å². The molecule has 0 amide bonds. The van der Waals surface area contributed by atoms with E-state index in [1.54, 1.807) is 0 Å². The van der Waals surface area contributed by atoms with E-state index in [0.717, 1.165) is 38.1 Å². The van der Waals surface area contributed by atoms with E-state index in [1.807, 2.05) is 0 Å². The molecule has 0 aromatic heterocycles. The van der Waals surface area contributed by atoms with Crippen molar-refractivity contribution in [2.45, 2.75) is 43.4 Å². The maximum atomic E-state index is 11.6. The molecule has 1 aliphatic carbocycles. The lowest BCUT2D eigenvalue weighted by molar-refractivity contribution is 0.338. The van der Waals surface area contributed by atoms with Gasteiger partial charge in [0.05, 0.1) is 5.25 Å². The van der Waals surface area contributed by atoms with E-state index in [9.17, 15) is 8.42 Å². The average molecular weight is 274 g/mol. The Labute approximate surface area is 111 Å². The topological polar surface area (TPSA) is 49.4 Å². The second-order valence-electron chi connectivity index (χ2n) is 6.14. The molecule has 3 atom stereocenters. The third kappa shape index (κ3) is 3.93. The van der Waals surface area contributed by atoms with E-state index in [0.29, 0.717) is 6.04 Å². The van der Waals surface area contributed by atoms with Gasteiger partial charge in [0.1, 0.15) is 9.84 Å². The van der Waals surface area contributed by atoms with Crippen LogP contribution in [0.3, 0.4) is 0 Å². The maximum absolute atomic E-state index is 11.6. The van der Waals surface area contributed by atoms with Crippen LogP contribution >= 0.6 is 0 Å². The molecule has 0 radical (unpaired) electrons. The van der Waals surface area contributed by atoms with Gasteiger partial charge in [0.2, 0.25) is 0 Å². The summed E-state index contributed by atoms with van der Waals surface area (Å²) in [6, 6.07) is 0.407. The summed E-state index contributed by atoms with van der Waals surface area (Å²) in [6.45, 7) is 3.42. The Morgan fingerprint density at radius 3 is 2.67 bits per heavy atom. The standard InChI is InChI=1S/C13H26N2O2S/c1-15-7-6-11(10-15)9-14-12-4-3-5-13(8-12)18(2,16)17/h11-14H,3-10H2,1-2H3. The quantitative estimate of drug-likeness (QED) is 0.827. The largest absolute Gasteiger partial charge is 0.314 e. The number of rotatable bonds is 4. The number of hydrogen-bond acceptors (Lipinski definition) is 4. The summed E-state index contributed by atoms with van der Waals surface area (Å²) in [5, 5.41) is 3.48. The molecule has 4 nitrogen and oxygen atoms in total. The molecule has 2 aliphatic rings. The average Bonchev–Trinajstić information content (AvgIpc) is 2.72. The minimum Gasteiger partial charge on any atom is -0.314 e. The van der Waals surface area contributed by atoms with Crippen molar-refractivity contribution in [2.75, 3.05) is 32.9 Å². The van der Waals surface area contributed by atoms with Crippen molar-refractivity contribution >= 4 is 9.84 Å². The van der Waals surface area contributed by atoms with Gasteiger partial charge in [-0.15, -0.1) is 0 Å². The summed E-state index contributed by atoms with van der Waals surface area (Å²) in [5.41, 5.74) is 0. The van der Waals surface area contributed by atoms with Crippen LogP contribution in [0.15, 0.2) is 0 Å². The molecule has 0 spiro atoms. The molecule has 3 unspecified atom stereocenters. The lowest BCUT2D eigenvalue weighted by Crippen LogP contribution is -2.41. The zero-order chi connectivity index (χ0) is 13.2. The number of likely N-dealkylation sites (tertiary alicyclic amines) is 1. The molecule has 0 aromatic carbocycles. The monoisotopic (exact) mass is 274 g/mol. The first-order chi connectivity index (χ1) is 8.45. The van der Waals surface area contributed by atoms with Gasteiger partial charge >= 0.3 is 0 Å². The Morgan fingerprint density at radius 1 is 1.28 bits per heavy atom. The van der Waals surface area contributed by atoms with Crippen molar-refractivity contribution in [3.63, 3.8) is 0 Å². The highest BCUT2D eigenvalue weighted by Gasteiger charge is 2.29. The van der Waals surface area contributed by atoms with E-state index in [-0.39, 0.29) is 5.25 Å². The van der Waals surface area contributed by atoms with Gasteiger partial charge < -0.3 is 10.2 Å². The predicted molar refractivity (Wildman–Crippen MR) is 74.5 cm³/mol.